The Kier molecular flexibility index (Phi) is 7.17. The van der Waals surface area contributed by atoms with E-state index in [0.29, 0.717) is 12.3 Å². The summed E-state index contributed by atoms with van der Waals surface area (Å²) in [5, 5.41) is 7.58. The van der Waals surface area contributed by atoms with Crippen LogP contribution in [0.4, 0.5) is 8.78 Å². The zero-order valence-corrected chi connectivity index (χ0v) is 20.6. The van der Waals surface area contributed by atoms with Gasteiger partial charge in [0.15, 0.2) is 0 Å². The summed E-state index contributed by atoms with van der Waals surface area (Å²) in [5.41, 5.74) is 6.52. The number of halogens is 2. The van der Waals surface area contributed by atoms with E-state index in [1.54, 1.807) is 0 Å². The SMILES string of the molecule is CCC/N=C(/C(=O)NC1CCC(F)(F)CC1)c1cc(-c2cnn3c2CN(C)CC3)cc(C)c1C. The average molecular weight is 472 g/mol. The van der Waals surface area contributed by atoms with Gasteiger partial charge in [-0.25, -0.2) is 8.78 Å². The molecule has 2 heterocycles. The Morgan fingerprint density at radius 1 is 1.24 bits per heavy atom. The number of aromatic nitrogens is 2. The normalized spacial score (nSPS) is 19.2. The molecule has 1 N–H and O–H groups in total. The molecular weight excluding hydrogens is 436 g/mol. The van der Waals surface area contributed by atoms with Gasteiger partial charge in [0.25, 0.3) is 5.91 Å². The molecule has 1 aromatic heterocycles. The van der Waals surface area contributed by atoms with Crippen LogP contribution in [0.1, 0.15) is 61.4 Å². The molecule has 4 rings (SSSR count). The molecule has 0 atom stereocenters. The molecule has 2 aliphatic rings. The van der Waals surface area contributed by atoms with Crippen LogP contribution in [0.5, 0.6) is 0 Å². The molecule has 1 amide bonds. The molecule has 184 valence electrons. The molecule has 0 radical (unpaired) electrons. The predicted octanol–water partition coefficient (Wildman–Crippen LogP) is 4.51. The number of likely N-dealkylation sites (N-methyl/N-ethyl adjacent to an activating group) is 1. The maximum absolute atomic E-state index is 13.6. The van der Waals surface area contributed by atoms with E-state index in [4.69, 9.17) is 0 Å². The minimum atomic E-state index is -2.62. The molecule has 2 aromatic rings. The van der Waals surface area contributed by atoms with Crippen LogP contribution in [0.15, 0.2) is 23.3 Å². The highest BCUT2D eigenvalue weighted by Gasteiger charge is 2.36. The molecule has 1 fully saturated rings. The standard InChI is InChI=1S/C26H35F2N5O/c1-5-10-29-24(25(34)31-20-6-8-26(27,28)9-7-20)21-14-19(13-17(2)18(21)3)22-15-30-33-12-11-32(4)16-23(22)33/h13-15,20H,5-12,16H2,1-4H3,(H,31,34)/b29-24+. The fraction of sp³-hybridized carbons (Fsp3) is 0.577. The first-order chi connectivity index (χ1) is 16.2. The number of amides is 1. The molecule has 34 heavy (non-hydrogen) atoms. The molecule has 0 saturated heterocycles. The van der Waals surface area contributed by atoms with Gasteiger partial charge in [-0.15, -0.1) is 0 Å². The molecule has 1 aromatic carbocycles. The number of aryl methyl sites for hydroxylation is 1. The fourth-order valence-corrected chi connectivity index (χ4v) is 4.81. The van der Waals surface area contributed by atoms with Gasteiger partial charge >= 0.3 is 0 Å². The van der Waals surface area contributed by atoms with E-state index < -0.39 is 5.92 Å². The van der Waals surface area contributed by atoms with Crippen molar-refractivity contribution in [1.29, 1.82) is 0 Å². The van der Waals surface area contributed by atoms with Crippen LogP contribution in [0.3, 0.4) is 0 Å². The van der Waals surface area contributed by atoms with Crippen molar-refractivity contribution >= 4 is 11.6 Å². The highest BCUT2D eigenvalue weighted by atomic mass is 19.3. The van der Waals surface area contributed by atoms with Gasteiger partial charge in [0, 0.05) is 49.6 Å². The van der Waals surface area contributed by atoms with Crippen LogP contribution < -0.4 is 5.32 Å². The molecule has 1 aliphatic carbocycles. The molecular formula is C26H35F2N5O. The van der Waals surface area contributed by atoms with E-state index in [9.17, 15) is 13.6 Å². The maximum atomic E-state index is 13.6. The number of benzene rings is 1. The van der Waals surface area contributed by atoms with Gasteiger partial charge in [-0.2, -0.15) is 5.10 Å². The van der Waals surface area contributed by atoms with Crippen LogP contribution in [0.25, 0.3) is 11.1 Å². The summed E-state index contributed by atoms with van der Waals surface area (Å²) in [6.45, 7) is 9.24. The number of hydrogen-bond acceptors (Lipinski definition) is 4. The summed E-state index contributed by atoms with van der Waals surface area (Å²) < 4.78 is 29.2. The summed E-state index contributed by atoms with van der Waals surface area (Å²) in [4.78, 5) is 20.3. The van der Waals surface area contributed by atoms with Crippen LogP contribution in [-0.2, 0) is 17.9 Å². The second kappa shape index (κ2) is 9.94. The van der Waals surface area contributed by atoms with E-state index in [2.05, 4.69) is 38.1 Å². The second-order valence-corrected chi connectivity index (χ2v) is 9.77. The Balaban J connectivity index is 1.67. The third kappa shape index (κ3) is 5.22. The monoisotopic (exact) mass is 471 g/mol. The molecule has 1 aliphatic heterocycles. The summed E-state index contributed by atoms with van der Waals surface area (Å²) in [6.07, 6.45) is 2.92. The first kappa shape index (κ1) is 24.5. The van der Waals surface area contributed by atoms with Crippen molar-refractivity contribution in [2.24, 2.45) is 4.99 Å². The minimum Gasteiger partial charge on any atom is -0.348 e. The Bertz CT molecular complexity index is 1080. The topological polar surface area (TPSA) is 62.5 Å². The number of rotatable bonds is 6. The zero-order valence-electron chi connectivity index (χ0n) is 20.6. The van der Waals surface area contributed by atoms with E-state index >= 15 is 0 Å². The maximum Gasteiger partial charge on any atom is 0.270 e. The van der Waals surface area contributed by atoms with Crippen LogP contribution in [-0.4, -0.2) is 58.4 Å². The number of alkyl halides is 2. The summed E-state index contributed by atoms with van der Waals surface area (Å²) >= 11 is 0. The van der Waals surface area contributed by atoms with Crippen molar-refractivity contribution in [2.45, 2.75) is 77.9 Å². The van der Waals surface area contributed by atoms with Crippen molar-refractivity contribution in [3.63, 3.8) is 0 Å². The Labute approximate surface area is 200 Å². The molecule has 0 bridgehead atoms. The minimum absolute atomic E-state index is 0.186. The Morgan fingerprint density at radius 2 is 1.97 bits per heavy atom. The van der Waals surface area contributed by atoms with Crippen molar-refractivity contribution in [2.75, 3.05) is 20.1 Å². The molecule has 1 saturated carbocycles. The quantitative estimate of drug-likeness (QED) is 0.631. The molecule has 0 spiro atoms. The third-order valence-corrected chi connectivity index (χ3v) is 7.06. The van der Waals surface area contributed by atoms with Crippen molar-refractivity contribution in [3.8, 4) is 11.1 Å². The number of nitrogens with zero attached hydrogens (tertiary/aromatic N) is 4. The fourth-order valence-electron chi connectivity index (χ4n) is 4.81. The number of hydrogen-bond donors (Lipinski definition) is 1. The lowest BCUT2D eigenvalue weighted by Crippen LogP contribution is -2.43. The Hall–Kier alpha value is -2.61. The van der Waals surface area contributed by atoms with Gasteiger partial charge in [0.2, 0.25) is 5.92 Å². The first-order valence-corrected chi connectivity index (χ1v) is 12.3. The number of carbonyl (C=O) groups excluding carboxylic acids is 1. The van der Waals surface area contributed by atoms with Gasteiger partial charge in [-0.3, -0.25) is 19.4 Å². The molecule has 8 heteroatoms. The van der Waals surface area contributed by atoms with E-state index in [1.165, 1.54) is 5.69 Å². The first-order valence-electron chi connectivity index (χ1n) is 12.3. The lowest BCUT2D eigenvalue weighted by molar-refractivity contribution is -0.116. The number of fused-ring (bicyclic) bond motifs is 1. The third-order valence-electron chi connectivity index (χ3n) is 7.06. The van der Waals surface area contributed by atoms with Gasteiger partial charge in [-0.05, 0) is 62.9 Å². The smallest absolute Gasteiger partial charge is 0.270 e. The molecule has 6 nitrogen and oxygen atoms in total. The van der Waals surface area contributed by atoms with Crippen molar-refractivity contribution in [1.82, 2.24) is 20.0 Å². The van der Waals surface area contributed by atoms with Crippen LogP contribution >= 0.6 is 0 Å². The van der Waals surface area contributed by atoms with E-state index in [-0.39, 0.29) is 37.6 Å². The van der Waals surface area contributed by atoms with Gasteiger partial charge in [0.05, 0.1) is 18.4 Å². The zero-order chi connectivity index (χ0) is 24.5. The number of carbonyl (C=O) groups is 1. The summed E-state index contributed by atoms with van der Waals surface area (Å²) in [6, 6.07) is 3.93. The highest BCUT2D eigenvalue weighted by molar-refractivity contribution is 6.45. The largest absolute Gasteiger partial charge is 0.348 e. The summed E-state index contributed by atoms with van der Waals surface area (Å²) in [5.74, 6) is -2.90. The number of aliphatic imine (C=N–C) groups is 1. The number of nitrogens with one attached hydrogen (secondary N) is 1. The summed E-state index contributed by atoms with van der Waals surface area (Å²) in [7, 11) is 2.10. The second-order valence-electron chi connectivity index (χ2n) is 9.77. The highest BCUT2D eigenvalue weighted by Crippen LogP contribution is 2.33. The van der Waals surface area contributed by atoms with Gasteiger partial charge in [-0.1, -0.05) is 13.0 Å². The average Bonchev–Trinajstić information content (AvgIpc) is 3.21. The van der Waals surface area contributed by atoms with Crippen molar-refractivity contribution < 1.29 is 13.6 Å². The lowest BCUT2D eigenvalue weighted by atomic mass is 9.91. The van der Waals surface area contributed by atoms with Crippen LogP contribution in [0.2, 0.25) is 0 Å². The lowest BCUT2D eigenvalue weighted by Gasteiger charge is -2.29. The van der Waals surface area contributed by atoms with Crippen molar-refractivity contribution in [3.05, 3.63) is 40.7 Å². The van der Waals surface area contributed by atoms with E-state index in [0.717, 1.165) is 53.9 Å². The van der Waals surface area contributed by atoms with Gasteiger partial charge < -0.3 is 5.32 Å². The van der Waals surface area contributed by atoms with Gasteiger partial charge in [0.1, 0.15) is 5.71 Å². The predicted molar refractivity (Wildman–Crippen MR) is 131 cm³/mol. The van der Waals surface area contributed by atoms with Crippen LogP contribution in [0, 0.1) is 13.8 Å². The molecule has 0 unspecified atom stereocenters. The Morgan fingerprint density at radius 3 is 2.68 bits per heavy atom. The van der Waals surface area contributed by atoms with E-state index in [1.807, 2.05) is 33.0 Å².